The van der Waals surface area contributed by atoms with Crippen molar-refractivity contribution < 1.29 is 9.53 Å². The maximum atomic E-state index is 12.4. The lowest BCUT2D eigenvalue weighted by molar-refractivity contribution is -0.112. The lowest BCUT2D eigenvalue weighted by Crippen LogP contribution is -2.13. The molecule has 0 aliphatic heterocycles. The van der Waals surface area contributed by atoms with E-state index >= 15 is 0 Å². The van der Waals surface area contributed by atoms with Crippen LogP contribution in [0.3, 0.4) is 0 Å². The fraction of sp³-hybridized carbons (Fsp3) is 0.0435. The van der Waals surface area contributed by atoms with Crippen molar-refractivity contribution >= 4 is 64.1 Å². The Morgan fingerprint density at radius 3 is 2.26 bits per heavy atom. The Bertz CT molecular complexity index is 1160. The van der Waals surface area contributed by atoms with E-state index in [-0.39, 0.29) is 22.2 Å². The van der Waals surface area contributed by atoms with E-state index in [1.54, 1.807) is 48.5 Å². The summed E-state index contributed by atoms with van der Waals surface area (Å²) in [5.41, 5.74) is 1.73. The molecule has 0 fully saturated rings. The molecule has 1 N–H and O–H groups in total. The molecule has 8 heteroatoms. The van der Waals surface area contributed by atoms with E-state index in [9.17, 15) is 10.1 Å². The van der Waals surface area contributed by atoms with Crippen LogP contribution in [-0.4, -0.2) is 5.91 Å². The van der Waals surface area contributed by atoms with Gasteiger partial charge in [0, 0.05) is 15.7 Å². The standard InChI is InChI=1S/C23H14Cl4N2O2/c24-17-4-6-19(7-5-17)29-23(30)16(12-28)8-15-10-20(26)22(21(27)11-15)31-13-14-2-1-3-18(25)9-14/h1-11H,13H2,(H,29,30)/b16-8+. The van der Waals surface area contributed by atoms with E-state index in [0.29, 0.717) is 27.0 Å². The Kier molecular flexibility index (Phi) is 7.84. The average molecular weight is 492 g/mol. The van der Waals surface area contributed by atoms with Crippen LogP contribution < -0.4 is 10.1 Å². The van der Waals surface area contributed by atoms with E-state index in [2.05, 4.69) is 5.32 Å². The topological polar surface area (TPSA) is 62.1 Å². The smallest absolute Gasteiger partial charge is 0.266 e. The molecule has 1 amide bonds. The summed E-state index contributed by atoms with van der Waals surface area (Å²) in [7, 11) is 0. The second-order valence-corrected chi connectivity index (χ2v) is 8.05. The molecule has 31 heavy (non-hydrogen) atoms. The van der Waals surface area contributed by atoms with Gasteiger partial charge < -0.3 is 10.1 Å². The first-order valence-corrected chi connectivity index (χ1v) is 10.4. The largest absolute Gasteiger partial charge is 0.486 e. The van der Waals surface area contributed by atoms with Crippen LogP contribution in [0.5, 0.6) is 5.75 Å². The molecule has 0 saturated heterocycles. The van der Waals surface area contributed by atoms with Crippen LogP contribution in [-0.2, 0) is 11.4 Å². The molecule has 0 aromatic heterocycles. The van der Waals surface area contributed by atoms with Crippen molar-refractivity contribution in [2.24, 2.45) is 0 Å². The van der Waals surface area contributed by atoms with Crippen molar-refractivity contribution in [1.82, 2.24) is 0 Å². The molecule has 0 saturated carbocycles. The summed E-state index contributed by atoms with van der Waals surface area (Å²) in [5, 5.41) is 13.7. The maximum absolute atomic E-state index is 12.4. The van der Waals surface area contributed by atoms with Crippen molar-refractivity contribution in [2.45, 2.75) is 6.61 Å². The Labute approximate surface area is 199 Å². The van der Waals surface area contributed by atoms with Crippen molar-refractivity contribution in [2.75, 3.05) is 5.32 Å². The van der Waals surface area contributed by atoms with Crippen LogP contribution in [0.2, 0.25) is 20.1 Å². The van der Waals surface area contributed by atoms with Crippen LogP contribution in [0.15, 0.2) is 66.2 Å². The van der Waals surface area contributed by atoms with Gasteiger partial charge in [-0.1, -0.05) is 58.5 Å². The van der Waals surface area contributed by atoms with Gasteiger partial charge in [-0.15, -0.1) is 0 Å². The number of amides is 1. The SMILES string of the molecule is N#C/C(=C\c1cc(Cl)c(OCc2cccc(Cl)c2)c(Cl)c1)C(=O)Nc1ccc(Cl)cc1. The molecule has 3 rings (SSSR count). The molecule has 0 atom stereocenters. The summed E-state index contributed by atoms with van der Waals surface area (Å²) in [6, 6.07) is 18.8. The minimum Gasteiger partial charge on any atom is -0.486 e. The molecule has 0 bridgehead atoms. The van der Waals surface area contributed by atoms with Crippen molar-refractivity contribution in [1.29, 1.82) is 5.26 Å². The van der Waals surface area contributed by atoms with Crippen LogP contribution in [0.1, 0.15) is 11.1 Å². The number of hydrogen-bond donors (Lipinski definition) is 1. The summed E-state index contributed by atoms with van der Waals surface area (Å²) in [5.74, 6) is -0.275. The van der Waals surface area contributed by atoms with Gasteiger partial charge in [-0.25, -0.2) is 0 Å². The van der Waals surface area contributed by atoms with E-state index in [1.165, 1.54) is 6.08 Å². The fourth-order valence-electron chi connectivity index (χ4n) is 2.63. The van der Waals surface area contributed by atoms with Gasteiger partial charge in [0.1, 0.15) is 18.2 Å². The van der Waals surface area contributed by atoms with Crippen molar-refractivity contribution in [3.63, 3.8) is 0 Å². The summed E-state index contributed by atoms with van der Waals surface area (Å²) in [6.45, 7) is 0.224. The number of nitrogens with zero attached hydrogens (tertiary/aromatic N) is 1. The second-order valence-electron chi connectivity index (χ2n) is 6.36. The summed E-state index contributed by atoms with van der Waals surface area (Å²) in [6.07, 6.45) is 1.39. The van der Waals surface area contributed by atoms with E-state index in [4.69, 9.17) is 51.1 Å². The zero-order valence-electron chi connectivity index (χ0n) is 15.8. The molecular weight excluding hydrogens is 478 g/mol. The number of nitriles is 1. The predicted octanol–water partition coefficient (Wildman–Crippen LogP) is 7.42. The average Bonchev–Trinajstić information content (AvgIpc) is 2.73. The lowest BCUT2D eigenvalue weighted by Gasteiger charge is -2.11. The minimum absolute atomic E-state index is 0.116. The molecule has 3 aromatic carbocycles. The third kappa shape index (κ3) is 6.40. The zero-order valence-corrected chi connectivity index (χ0v) is 18.9. The molecule has 156 valence electrons. The monoisotopic (exact) mass is 490 g/mol. The van der Waals surface area contributed by atoms with E-state index in [1.807, 2.05) is 18.2 Å². The Morgan fingerprint density at radius 1 is 0.968 bits per heavy atom. The molecular formula is C23H14Cl4N2O2. The van der Waals surface area contributed by atoms with E-state index in [0.717, 1.165) is 5.56 Å². The fourth-order valence-corrected chi connectivity index (χ4v) is 3.58. The Hall–Kier alpha value is -2.68. The third-order valence-corrected chi connectivity index (χ3v) is 5.12. The number of hydrogen-bond acceptors (Lipinski definition) is 3. The number of carbonyl (C=O) groups excluding carboxylic acids is 1. The molecule has 0 unspecified atom stereocenters. The van der Waals surface area contributed by atoms with E-state index < -0.39 is 5.91 Å². The number of nitrogens with one attached hydrogen (secondary N) is 1. The maximum Gasteiger partial charge on any atom is 0.266 e. The first-order chi connectivity index (χ1) is 14.9. The van der Waals surface area contributed by atoms with Gasteiger partial charge in [-0.3, -0.25) is 4.79 Å². The first-order valence-electron chi connectivity index (χ1n) is 8.90. The van der Waals surface area contributed by atoms with Gasteiger partial charge in [-0.05, 0) is 65.7 Å². The summed E-state index contributed by atoms with van der Waals surface area (Å²) < 4.78 is 5.73. The quantitative estimate of drug-likeness (QED) is 0.288. The Morgan fingerprint density at radius 2 is 1.65 bits per heavy atom. The molecule has 4 nitrogen and oxygen atoms in total. The molecule has 3 aromatic rings. The normalized spacial score (nSPS) is 11.0. The summed E-state index contributed by atoms with van der Waals surface area (Å²) in [4.78, 5) is 12.4. The minimum atomic E-state index is -0.571. The highest BCUT2D eigenvalue weighted by molar-refractivity contribution is 6.37. The van der Waals surface area contributed by atoms with Crippen LogP contribution >= 0.6 is 46.4 Å². The van der Waals surface area contributed by atoms with Gasteiger partial charge in [0.25, 0.3) is 5.91 Å². The summed E-state index contributed by atoms with van der Waals surface area (Å²) >= 11 is 24.5. The number of benzene rings is 3. The number of ether oxygens (including phenoxy) is 1. The van der Waals surface area contributed by atoms with Gasteiger partial charge in [-0.2, -0.15) is 5.26 Å². The highest BCUT2D eigenvalue weighted by Crippen LogP contribution is 2.35. The number of anilines is 1. The third-order valence-electron chi connectivity index (χ3n) is 4.07. The van der Waals surface area contributed by atoms with Gasteiger partial charge in [0.05, 0.1) is 10.0 Å². The molecule has 0 spiro atoms. The van der Waals surface area contributed by atoms with Gasteiger partial charge in [0.2, 0.25) is 0 Å². The number of rotatable bonds is 6. The van der Waals surface area contributed by atoms with Gasteiger partial charge in [0.15, 0.2) is 5.75 Å². The van der Waals surface area contributed by atoms with Crippen LogP contribution in [0.4, 0.5) is 5.69 Å². The van der Waals surface area contributed by atoms with Gasteiger partial charge >= 0.3 is 0 Å². The highest BCUT2D eigenvalue weighted by atomic mass is 35.5. The Balaban J connectivity index is 1.76. The van der Waals surface area contributed by atoms with Crippen molar-refractivity contribution in [3.05, 3.63) is 97.5 Å². The molecule has 0 aliphatic carbocycles. The zero-order chi connectivity index (χ0) is 22.4. The number of halogens is 4. The predicted molar refractivity (Wildman–Crippen MR) is 126 cm³/mol. The van der Waals surface area contributed by atoms with Crippen LogP contribution in [0.25, 0.3) is 6.08 Å². The highest BCUT2D eigenvalue weighted by Gasteiger charge is 2.13. The molecule has 0 aliphatic rings. The number of carbonyl (C=O) groups is 1. The van der Waals surface area contributed by atoms with Crippen molar-refractivity contribution in [3.8, 4) is 11.8 Å². The van der Waals surface area contributed by atoms with Crippen LogP contribution in [0, 0.1) is 11.3 Å². The molecule has 0 heterocycles. The first kappa shape index (κ1) is 23.0. The second kappa shape index (κ2) is 10.6. The molecule has 0 radical (unpaired) electrons. The lowest BCUT2D eigenvalue weighted by atomic mass is 10.1.